The van der Waals surface area contributed by atoms with Gasteiger partial charge in [0.05, 0.1) is 16.7 Å². The summed E-state index contributed by atoms with van der Waals surface area (Å²) < 4.78 is 39.3. The minimum absolute atomic E-state index is 0.0730. The summed E-state index contributed by atoms with van der Waals surface area (Å²) in [7, 11) is -4.02. The zero-order chi connectivity index (χ0) is 15.6. The molecule has 1 aromatic heterocycles. The van der Waals surface area contributed by atoms with Crippen LogP contribution in [0, 0.1) is 5.82 Å². The van der Waals surface area contributed by atoms with Crippen molar-refractivity contribution >= 4 is 37.7 Å². The number of pyridine rings is 1. The summed E-state index contributed by atoms with van der Waals surface area (Å²) in [6, 6.07) is 5.77. The van der Waals surface area contributed by atoms with Gasteiger partial charge >= 0.3 is 5.97 Å². The molecule has 0 aliphatic carbocycles. The number of aromatic nitrogens is 1. The molecule has 0 spiro atoms. The van der Waals surface area contributed by atoms with Crippen molar-refractivity contribution in [2.45, 2.75) is 4.90 Å². The molecule has 0 amide bonds. The number of nitrogens with zero attached hydrogens (tertiary/aromatic N) is 1. The molecule has 0 aliphatic heterocycles. The third-order valence-corrected chi connectivity index (χ3v) is 4.49. The maximum Gasteiger partial charge on any atom is 0.336 e. The van der Waals surface area contributed by atoms with Crippen molar-refractivity contribution < 1.29 is 22.7 Å². The van der Waals surface area contributed by atoms with Crippen LogP contribution in [0.5, 0.6) is 0 Å². The Morgan fingerprint density at radius 3 is 2.57 bits per heavy atom. The molecule has 6 nitrogen and oxygen atoms in total. The second-order valence-corrected chi connectivity index (χ2v) is 6.45. The van der Waals surface area contributed by atoms with Crippen molar-refractivity contribution in [1.29, 1.82) is 0 Å². The number of aromatic carboxylic acids is 1. The predicted octanol–water partition coefficient (Wildman–Crippen LogP) is 2.48. The third kappa shape index (κ3) is 3.56. The molecule has 2 N–H and O–H groups in total. The van der Waals surface area contributed by atoms with Gasteiger partial charge in [-0.3, -0.25) is 4.72 Å². The highest BCUT2D eigenvalue weighted by atomic mass is 79.9. The van der Waals surface area contributed by atoms with E-state index >= 15 is 0 Å². The average Bonchev–Trinajstić information content (AvgIpc) is 2.41. The molecule has 0 saturated carbocycles. The summed E-state index contributed by atoms with van der Waals surface area (Å²) in [5.41, 5.74) is -0.190. The van der Waals surface area contributed by atoms with E-state index in [-0.39, 0.29) is 20.7 Å². The Balaban J connectivity index is 2.38. The van der Waals surface area contributed by atoms with Crippen LogP contribution >= 0.6 is 15.9 Å². The van der Waals surface area contributed by atoms with E-state index in [1.54, 1.807) is 0 Å². The van der Waals surface area contributed by atoms with Crippen LogP contribution in [0.15, 0.2) is 45.9 Å². The van der Waals surface area contributed by atoms with Gasteiger partial charge in [0.25, 0.3) is 10.0 Å². The zero-order valence-corrected chi connectivity index (χ0v) is 12.6. The Labute approximate surface area is 127 Å². The number of benzene rings is 1. The van der Waals surface area contributed by atoms with E-state index in [1.807, 2.05) is 0 Å². The van der Waals surface area contributed by atoms with Crippen LogP contribution in [0.2, 0.25) is 0 Å². The lowest BCUT2D eigenvalue weighted by molar-refractivity contribution is 0.0695. The third-order valence-electron chi connectivity index (χ3n) is 2.44. The van der Waals surface area contributed by atoms with Crippen LogP contribution in [-0.2, 0) is 10.0 Å². The number of nitrogens with one attached hydrogen (secondary N) is 1. The maximum atomic E-state index is 12.7. The summed E-state index contributed by atoms with van der Waals surface area (Å²) in [5, 5.41) is 8.98. The molecule has 110 valence electrons. The van der Waals surface area contributed by atoms with Crippen molar-refractivity contribution in [3.63, 3.8) is 0 Å². The first-order chi connectivity index (χ1) is 9.79. The van der Waals surface area contributed by atoms with Gasteiger partial charge in [0.2, 0.25) is 0 Å². The number of hydrogen-bond donors (Lipinski definition) is 2. The number of rotatable bonds is 4. The standard InChI is InChI=1S/C12H8BrFN2O4S/c13-10-3-2-8(5-9(10)12(17)18)21(19,20)16-11-4-1-7(14)6-15-11/h1-6H,(H,15,16)(H,17,18). The van der Waals surface area contributed by atoms with E-state index in [0.717, 1.165) is 24.4 Å². The van der Waals surface area contributed by atoms with Crippen molar-refractivity contribution in [2.24, 2.45) is 0 Å². The highest BCUT2D eigenvalue weighted by molar-refractivity contribution is 9.10. The van der Waals surface area contributed by atoms with E-state index in [1.165, 1.54) is 12.1 Å². The minimum atomic E-state index is -4.02. The monoisotopic (exact) mass is 374 g/mol. The molecule has 9 heteroatoms. The molecule has 1 heterocycles. The molecule has 0 bridgehead atoms. The van der Waals surface area contributed by atoms with Gasteiger partial charge in [0.1, 0.15) is 11.6 Å². The molecule has 1 aromatic carbocycles. The van der Waals surface area contributed by atoms with Crippen LogP contribution in [-0.4, -0.2) is 24.5 Å². The summed E-state index contributed by atoms with van der Waals surface area (Å²) in [6.07, 6.45) is 0.863. The summed E-state index contributed by atoms with van der Waals surface area (Å²) >= 11 is 3.02. The maximum absolute atomic E-state index is 12.7. The Hall–Kier alpha value is -2.00. The molecule has 0 atom stereocenters. The summed E-state index contributed by atoms with van der Waals surface area (Å²) in [5.74, 6) is -1.94. The quantitative estimate of drug-likeness (QED) is 0.856. The van der Waals surface area contributed by atoms with Crippen molar-refractivity contribution in [3.05, 3.63) is 52.4 Å². The first-order valence-corrected chi connectivity index (χ1v) is 7.74. The van der Waals surface area contributed by atoms with Crippen LogP contribution in [0.3, 0.4) is 0 Å². The number of hydrogen-bond acceptors (Lipinski definition) is 4. The molecule has 0 radical (unpaired) electrons. The number of sulfonamides is 1. The first-order valence-electron chi connectivity index (χ1n) is 5.47. The molecule has 0 saturated heterocycles. The average molecular weight is 375 g/mol. The fourth-order valence-electron chi connectivity index (χ4n) is 1.47. The largest absolute Gasteiger partial charge is 0.478 e. The number of carboxylic acids is 1. The highest BCUT2D eigenvalue weighted by Crippen LogP contribution is 2.22. The summed E-state index contributed by atoms with van der Waals surface area (Å²) in [4.78, 5) is 14.3. The molecule has 0 unspecified atom stereocenters. The van der Waals surface area contributed by atoms with Crippen molar-refractivity contribution in [2.75, 3.05) is 4.72 Å². The van der Waals surface area contributed by atoms with E-state index in [4.69, 9.17) is 5.11 Å². The van der Waals surface area contributed by atoms with E-state index in [0.29, 0.717) is 0 Å². The first kappa shape index (κ1) is 15.4. The van der Waals surface area contributed by atoms with E-state index in [9.17, 15) is 17.6 Å². The van der Waals surface area contributed by atoms with E-state index in [2.05, 4.69) is 25.6 Å². The Kier molecular flexibility index (Phi) is 4.24. The second kappa shape index (κ2) is 5.78. The lowest BCUT2D eigenvalue weighted by atomic mass is 10.2. The Morgan fingerprint density at radius 2 is 2.00 bits per heavy atom. The van der Waals surface area contributed by atoms with Crippen LogP contribution in [0.25, 0.3) is 0 Å². The van der Waals surface area contributed by atoms with Gasteiger partial charge in [0, 0.05) is 4.47 Å². The van der Waals surface area contributed by atoms with Crippen molar-refractivity contribution in [1.82, 2.24) is 4.98 Å². The lowest BCUT2D eigenvalue weighted by Crippen LogP contribution is -2.14. The van der Waals surface area contributed by atoms with Crippen LogP contribution < -0.4 is 4.72 Å². The van der Waals surface area contributed by atoms with Gasteiger partial charge < -0.3 is 5.11 Å². The Morgan fingerprint density at radius 1 is 1.29 bits per heavy atom. The second-order valence-electron chi connectivity index (χ2n) is 3.91. The van der Waals surface area contributed by atoms with Gasteiger partial charge in [-0.15, -0.1) is 0 Å². The Bertz CT molecular complexity index is 793. The highest BCUT2D eigenvalue weighted by Gasteiger charge is 2.18. The number of halogens is 2. The normalized spacial score (nSPS) is 11.1. The summed E-state index contributed by atoms with van der Waals surface area (Å²) in [6.45, 7) is 0. The van der Waals surface area contributed by atoms with Gasteiger partial charge in [0.15, 0.2) is 0 Å². The SMILES string of the molecule is O=C(O)c1cc(S(=O)(=O)Nc2ccc(F)cn2)ccc1Br. The number of carbonyl (C=O) groups is 1. The number of anilines is 1. The minimum Gasteiger partial charge on any atom is -0.478 e. The van der Waals surface area contributed by atoms with Crippen LogP contribution in [0.4, 0.5) is 10.2 Å². The smallest absolute Gasteiger partial charge is 0.336 e. The lowest BCUT2D eigenvalue weighted by Gasteiger charge is -2.08. The van der Waals surface area contributed by atoms with Gasteiger partial charge in [-0.2, -0.15) is 0 Å². The predicted molar refractivity (Wildman–Crippen MR) is 76.1 cm³/mol. The van der Waals surface area contributed by atoms with Crippen LogP contribution in [0.1, 0.15) is 10.4 Å². The zero-order valence-electron chi connectivity index (χ0n) is 10.2. The topological polar surface area (TPSA) is 96.4 Å². The fourth-order valence-corrected chi connectivity index (χ4v) is 2.92. The van der Waals surface area contributed by atoms with E-state index < -0.39 is 21.8 Å². The fraction of sp³-hybridized carbons (Fsp3) is 0. The van der Waals surface area contributed by atoms with Gasteiger partial charge in [-0.25, -0.2) is 22.6 Å². The molecular formula is C12H8BrFN2O4S. The number of carboxylic acid groups (broad SMARTS) is 1. The molecule has 0 fully saturated rings. The molecule has 2 rings (SSSR count). The molecular weight excluding hydrogens is 367 g/mol. The van der Waals surface area contributed by atoms with Crippen molar-refractivity contribution in [3.8, 4) is 0 Å². The van der Waals surface area contributed by atoms with Gasteiger partial charge in [-0.1, -0.05) is 0 Å². The van der Waals surface area contributed by atoms with Gasteiger partial charge in [-0.05, 0) is 46.3 Å². The molecule has 21 heavy (non-hydrogen) atoms. The molecule has 0 aliphatic rings. The molecule has 2 aromatic rings.